The van der Waals surface area contributed by atoms with Gasteiger partial charge in [-0.25, -0.2) is 18.0 Å². The fraction of sp³-hybridized carbons (Fsp3) is 0.167. The topological polar surface area (TPSA) is 155 Å². The van der Waals surface area contributed by atoms with Crippen LogP contribution in [0.5, 0.6) is 16.7 Å². The van der Waals surface area contributed by atoms with Crippen molar-refractivity contribution in [3.63, 3.8) is 0 Å². The Bertz CT molecular complexity index is 1590. The van der Waals surface area contributed by atoms with Crippen molar-refractivity contribution in [3.8, 4) is 16.7 Å². The van der Waals surface area contributed by atoms with Crippen molar-refractivity contribution in [3.05, 3.63) is 95.6 Å². The maximum Gasteiger partial charge on any atom is 0.351 e. The number of benzene rings is 1. The fourth-order valence-corrected chi connectivity index (χ4v) is 4.22. The Kier molecular flexibility index (Phi) is 9.66. The fourth-order valence-electron chi connectivity index (χ4n) is 3.09. The van der Waals surface area contributed by atoms with E-state index in [2.05, 4.69) is 15.0 Å². The molecule has 0 fully saturated rings. The number of nitrogens with zero attached hydrogens (tertiary/aromatic N) is 4. The van der Waals surface area contributed by atoms with E-state index >= 15 is 0 Å². The van der Waals surface area contributed by atoms with Crippen molar-refractivity contribution in [1.29, 1.82) is 0 Å². The molecule has 202 valence electrons. The first-order valence-corrected chi connectivity index (χ1v) is 12.0. The van der Waals surface area contributed by atoms with Gasteiger partial charge in [0.2, 0.25) is 5.91 Å². The number of aryl methyl sites for hydroxylation is 1. The number of halogens is 4. The Hall–Kier alpha value is -4.39. The minimum Gasteiger partial charge on any atom is -0.507 e. The lowest BCUT2D eigenvalue weighted by Gasteiger charge is -2.05. The summed E-state index contributed by atoms with van der Waals surface area (Å²) in [5.74, 6) is -7.08. The molecule has 0 aliphatic carbocycles. The smallest absolute Gasteiger partial charge is 0.351 e. The van der Waals surface area contributed by atoms with Crippen LogP contribution in [-0.4, -0.2) is 21.8 Å². The van der Waals surface area contributed by atoms with Crippen LogP contribution in [0.2, 0.25) is 5.15 Å². The lowest BCUT2D eigenvalue weighted by atomic mass is 10.0. The minimum absolute atomic E-state index is 0.0313. The molecule has 0 radical (unpaired) electrons. The molecule has 0 saturated heterocycles. The molecule has 2 aromatic heterocycles. The first-order chi connectivity index (χ1) is 18.5. The van der Waals surface area contributed by atoms with E-state index in [4.69, 9.17) is 26.3 Å². The number of amides is 1. The molecule has 3 aromatic rings. The number of allylic oxidation sites excluding steroid dienone is 2. The Labute approximate surface area is 226 Å². The highest BCUT2D eigenvalue weighted by atomic mass is 35.5. The molecule has 0 bridgehead atoms. The van der Waals surface area contributed by atoms with Crippen LogP contribution in [0.3, 0.4) is 0 Å². The molecule has 2 heterocycles. The van der Waals surface area contributed by atoms with Crippen molar-refractivity contribution in [2.24, 2.45) is 5.11 Å². The van der Waals surface area contributed by atoms with Crippen LogP contribution in [0.25, 0.3) is 16.5 Å². The van der Waals surface area contributed by atoms with E-state index in [1.807, 2.05) is 0 Å². The number of rotatable bonds is 10. The lowest BCUT2D eigenvalue weighted by molar-refractivity contribution is -0.113. The van der Waals surface area contributed by atoms with E-state index in [0.29, 0.717) is 25.0 Å². The number of ketones is 1. The van der Waals surface area contributed by atoms with Crippen molar-refractivity contribution < 1.29 is 37.0 Å². The summed E-state index contributed by atoms with van der Waals surface area (Å²) in [5, 5.41) is 12.9. The van der Waals surface area contributed by atoms with Gasteiger partial charge in [0, 0.05) is 29.5 Å². The van der Waals surface area contributed by atoms with Crippen molar-refractivity contribution in [2.45, 2.75) is 26.2 Å². The lowest BCUT2D eigenvalue weighted by Crippen LogP contribution is -2.16. The van der Waals surface area contributed by atoms with Gasteiger partial charge in [0.25, 0.3) is 5.19 Å². The van der Waals surface area contributed by atoms with Gasteiger partial charge in [-0.2, -0.15) is 4.98 Å². The minimum atomic E-state index is -1.66. The number of thiazole rings is 1. The Morgan fingerprint density at radius 1 is 1.28 bits per heavy atom. The average molecular weight is 581 g/mol. The van der Waals surface area contributed by atoms with E-state index in [9.17, 15) is 32.7 Å². The van der Waals surface area contributed by atoms with Crippen LogP contribution in [-0.2, 0) is 11.2 Å². The predicted octanol–water partition coefficient (Wildman–Crippen LogP) is 6.67. The molecule has 0 spiro atoms. The number of Topliss-reactive ketones (excluding diaryl/α,β-unsaturated/α-hetero) is 1. The normalized spacial score (nSPS) is 11.5. The summed E-state index contributed by atoms with van der Waals surface area (Å²) >= 11 is 6.85. The molecule has 1 N–H and O–H groups in total. The molecular formula is C24H16ClF3N4O6S. The number of ether oxygens (including phenoxy) is 1. The zero-order valence-corrected chi connectivity index (χ0v) is 21.4. The van der Waals surface area contributed by atoms with Crippen LogP contribution in [0, 0.1) is 17.5 Å². The highest BCUT2D eigenvalue weighted by Gasteiger charge is 2.22. The number of carbonyl (C=O) groups excluding carboxylic acids is 2. The quantitative estimate of drug-likeness (QED) is 0.0534. The van der Waals surface area contributed by atoms with E-state index in [0.717, 1.165) is 23.5 Å². The number of unbranched alkanes of at least 4 members (excludes halogenated alkanes) is 1. The predicted molar refractivity (Wildman–Crippen MR) is 134 cm³/mol. The van der Waals surface area contributed by atoms with E-state index in [1.54, 1.807) is 0 Å². The van der Waals surface area contributed by atoms with Crippen LogP contribution in [0.1, 0.15) is 40.8 Å². The molecule has 39 heavy (non-hydrogen) atoms. The maximum atomic E-state index is 13.4. The number of aromatic hydroxyl groups is 1. The highest BCUT2D eigenvalue weighted by molar-refractivity contribution is 7.14. The van der Waals surface area contributed by atoms with Crippen molar-refractivity contribution in [1.82, 2.24) is 4.98 Å². The molecule has 0 aliphatic rings. The summed E-state index contributed by atoms with van der Waals surface area (Å²) in [7, 11) is 0. The first-order valence-electron chi connectivity index (χ1n) is 10.8. The van der Waals surface area contributed by atoms with Crippen LogP contribution < -0.4 is 10.4 Å². The van der Waals surface area contributed by atoms with Gasteiger partial charge in [-0.1, -0.05) is 29.0 Å². The zero-order chi connectivity index (χ0) is 28.7. The number of carbonyl (C=O) groups is 2. The van der Waals surface area contributed by atoms with Gasteiger partial charge in [0.1, 0.15) is 22.8 Å². The van der Waals surface area contributed by atoms with Crippen LogP contribution in [0.15, 0.2) is 50.3 Å². The van der Waals surface area contributed by atoms with E-state index < -0.39 is 46.1 Å². The average Bonchev–Trinajstić information content (AvgIpc) is 3.19. The van der Waals surface area contributed by atoms with Gasteiger partial charge in [-0.3, -0.25) is 9.59 Å². The summed E-state index contributed by atoms with van der Waals surface area (Å²) in [6.07, 6.45) is 4.83. The third kappa shape index (κ3) is 7.57. The third-order valence-corrected chi connectivity index (χ3v) is 6.15. The molecule has 3 rings (SSSR count). The second kappa shape index (κ2) is 12.9. The zero-order valence-electron chi connectivity index (χ0n) is 19.8. The van der Waals surface area contributed by atoms with Crippen LogP contribution in [0.4, 0.5) is 13.2 Å². The summed E-state index contributed by atoms with van der Waals surface area (Å²) in [5.41, 5.74) is 6.45. The van der Waals surface area contributed by atoms with Crippen molar-refractivity contribution in [2.75, 3.05) is 0 Å². The largest absolute Gasteiger partial charge is 0.507 e. The number of hydrogen-bond donors (Lipinski definition) is 1. The summed E-state index contributed by atoms with van der Waals surface area (Å²) < 4.78 is 50.3. The first kappa shape index (κ1) is 29.2. The van der Waals surface area contributed by atoms with Gasteiger partial charge in [-0.05, 0) is 48.1 Å². The molecular weight excluding hydrogens is 565 g/mol. The van der Waals surface area contributed by atoms with E-state index in [-0.39, 0.29) is 38.7 Å². The monoisotopic (exact) mass is 580 g/mol. The maximum absolute atomic E-state index is 13.4. The molecule has 15 heteroatoms. The molecule has 0 aliphatic heterocycles. The molecule has 0 atom stereocenters. The molecule has 10 nitrogen and oxygen atoms in total. The summed E-state index contributed by atoms with van der Waals surface area (Å²) in [6, 6.07) is 2.37. The number of hydrogen-bond acceptors (Lipinski definition) is 8. The summed E-state index contributed by atoms with van der Waals surface area (Å²) in [4.78, 5) is 42.8. The Morgan fingerprint density at radius 3 is 2.62 bits per heavy atom. The molecule has 1 aromatic carbocycles. The standard InChI is InChI=1S/C24H16ClF3N4O6S/c1-11(7-17-22(25)30-24(39-17)38-13-8-14(26)20(28)15(27)9-13)21(35)19-16(33)10-12(37-23(19)36)5-3-2-4-6-18(34)31-32-29/h4,6-10,33H,2-3,5H2,1H3/b6-4+,11-7+. The van der Waals surface area contributed by atoms with Gasteiger partial charge < -0.3 is 14.3 Å². The van der Waals surface area contributed by atoms with Gasteiger partial charge >= 0.3 is 5.63 Å². The summed E-state index contributed by atoms with van der Waals surface area (Å²) in [6.45, 7) is 1.35. The molecule has 0 saturated carbocycles. The Balaban J connectivity index is 1.72. The SMILES string of the molecule is C/C(=C\c1sc(Oc2cc(F)c(F)c(F)c2)nc1Cl)C(=O)c1c(O)cc(CCC/C=C/C(=O)N=[N+]=[N-])oc1=O. The highest BCUT2D eigenvalue weighted by Crippen LogP contribution is 2.35. The van der Waals surface area contributed by atoms with Crippen LogP contribution >= 0.6 is 22.9 Å². The Morgan fingerprint density at radius 2 is 1.97 bits per heavy atom. The van der Waals surface area contributed by atoms with Gasteiger partial charge in [-0.15, -0.1) is 0 Å². The van der Waals surface area contributed by atoms with Gasteiger partial charge in [0.05, 0.1) is 4.88 Å². The number of aromatic nitrogens is 1. The van der Waals surface area contributed by atoms with Gasteiger partial charge in [0.15, 0.2) is 28.4 Å². The van der Waals surface area contributed by atoms with Crippen molar-refractivity contribution >= 4 is 40.7 Å². The third-order valence-electron chi connectivity index (χ3n) is 4.86. The second-order valence-corrected chi connectivity index (χ2v) is 9.03. The van der Waals surface area contributed by atoms with E-state index in [1.165, 1.54) is 19.1 Å². The number of azide groups is 1. The second-order valence-electron chi connectivity index (χ2n) is 7.68. The molecule has 1 amide bonds. The molecule has 0 unspecified atom stereocenters.